The van der Waals surface area contributed by atoms with Gasteiger partial charge in [-0.25, -0.2) is 0 Å². The van der Waals surface area contributed by atoms with Crippen molar-refractivity contribution in [2.45, 2.75) is 77.7 Å². The zero-order valence-corrected chi connectivity index (χ0v) is 14.6. The van der Waals surface area contributed by atoms with E-state index in [1.807, 2.05) is 0 Å². The van der Waals surface area contributed by atoms with Gasteiger partial charge in [0, 0.05) is 5.54 Å². The molecule has 2 rings (SSSR count). The van der Waals surface area contributed by atoms with Gasteiger partial charge in [0.2, 0.25) is 0 Å². The molecule has 0 aliphatic heterocycles. The van der Waals surface area contributed by atoms with Gasteiger partial charge in [0.25, 0.3) is 0 Å². The first-order chi connectivity index (χ1) is 9.72. The van der Waals surface area contributed by atoms with Gasteiger partial charge in [0.15, 0.2) is 0 Å². The summed E-state index contributed by atoms with van der Waals surface area (Å²) in [6.45, 7) is 11.5. The SMILES string of the molecule is CC(C)C1CCCC(N)(c2ccc(C(C)(C)C)cc2)CC1. The molecule has 0 spiro atoms. The molecule has 1 nitrogen and oxygen atoms in total. The third kappa shape index (κ3) is 3.88. The molecule has 0 bridgehead atoms. The number of nitrogens with two attached hydrogens (primary N) is 1. The van der Waals surface area contributed by atoms with E-state index in [-0.39, 0.29) is 11.0 Å². The molecule has 1 aliphatic carbocycles. The molecule has 0 amide bonds. The predicted octanol–water partition coefficient (Wildman–Crippen LogP) is 5.37. The Morgan fingerprint density at radius 3 is 2.19 bits per heavy atom. The minimum absolute atomic E-state index is 0.111. The van der Waals surface area contributed by atoms with Gasteiger partial charge in [-0.1, -0.05) is 71.7 Å². The summed E-state index contributed by atoms with van der Waals surface area (Å²) >= 11 is 0. The molecule has 2 N–H and O–H groups in total. The Morgan fingerprint density at radius 2 is 1.67 bits per heavy atom. The molecule has 0 saturated heterocycles. The van der Waals surface area contributed by atoms with Crippen LogP contribution in [-0.4, -0.2) is 0 Å². The second kappa shape index (κ2) is 6.12. The van der Waals surface area contributed by atoms with E-state index in [2.05, 4.69) is 58.9 Å². The molecule has 1 aromatic carbocycles. The fourth-order valence-electron chi connectivity index (χ4n) is 3.65. The van der Waals surface area contributed by atoms with Crippen LogP contribution in [0.4, 0.5) is 0 Å². The van der Waals surface area contributed by atoms with Crippen LogP contribution in [-0.2, 0) is 11.0 Å². The molecule has 0 aromatic heterocycles. The first-order valence-electron chi connectivity index (χ1n) is 8.62. The van der Waals surface area contributed by atoms with E-state index in [1.165, 1.54) is 30.4 Å². The highest BCUT2D eigenvalue weighted by atomic mass is 14.7. The van der Waals surface area contributed by atoms with Crippen LogP contribution in [0.5, 0.6) is 0 Å². The average molecular weight is 287 g/mol. The molecular formula is C20H33N. The zero-order chi connectivity index (χ0) is 15.7. The van der Waals surface area contributed by atoms with Gasteiger partial charge in [0.05, 0.1) is 0 Å². The molecule has 1 aliphatic rings. The van der Waals surface area contributed by atoms with Gasteiger partial charge in [-0.05, 0) is 47.6 Å². The lowest BCUT2D eigenvalue weighted by Gasteiger charge is -2.30. The van der Waals surface area contributed by atoms with E-state index in [0.717, 1.165) is 24.7 Å². The second-order valence-electron chi connectivity index (χ2n) is 8.42. The second-order valence-corrected chi connectivity index (χ2v) is 8.42. The number of hydrogen-bond acceptors (Lipinski definition) is 1. The normalized spacial score (nSPS) is 27.7. The number of rotatable bonds is 2. The highest BCUT2D eigenvalue weighted by molar-refractivity contribution is 5.31. The molecule has 21 heavy (non-hydrogen) atoms. The quantitative estimate of drug-likeness (QED) is 0.727. The van der Waals surface area contributed by atoms with Crippen molar-refractivity contribution in [3.63, 3.8) is 0 Å². The van der Waals surface area contributed by atoms with Gasteiger partial charge in [0.1, 0.15) is 0 Å². The van der Waals surface area contributed by atoms with Crippen LogP contribution in [0, 0.1) is 11.8 Å². The molecule has 0 heterocycles. The smallest absolute Gasteiger partial charge is 0.0409 e. The lowest BCUT2D eigenvalue weighted by atomic mass is 9.80. The van der Waals surface area contributed by atoms with Crippen LogP contribution < -0.4 is 5.73 Å². The molecule has 1 heteroatoms. The Balaban J connectivity index is 2.16. The van der Waals surface area contributed by atoms with Crippen LogP contribution in [0.2, 0.25) is 0 Å². The Kier molecular flexibility index (Phi) is 4.82. The topological polar surface area (TPSA) is 26.0 Å². The first-order valence-corrected chi connectivity index (χ1v) is 8.62. The molecule has 1 aromatic rings. The first kappa shape index (κ1) is 16.5. The monoisotopic (exact) mass is 287 g/mol. The van der Waals surface area contributed by atoms with Gasteiger partial charge in [-0.2, -0.15) is 0 Å². The fourth-order valence-corrected chi connectivity index (χ4v) is 3.65. The summed E-state index contributed by atoms with van der Waals surface area (Å²) in [4.78, 5) is 0. The maximum atomic E-state index is 6.80. The van der Waals surface area contributed by atoms with Crippen molar-refractivity contribution in [3.8, 4) is 0 Å². The number of hydrogen-bond donors (Lipinski definition) is 1. The van der Waals surface area contributed by atoms with Crippen LogP contribution >= 0.6 is 0 Å². The van der Waals surface area contributed by atoms with Crippen LogP contribution in [0.1, 0.15) is 77.8 Å². The van der Waals surface area contributed by atoms with E-state index >= 15 is 0 Å². The van der Waals surface area contributed by atoms with E-state index in [0.29, 0.717) is 0 Å². The van der Waals surface area contributed by atoms with Crippen molar-refractivity contribution in [3.05, 3.63) is 35.4 Å². The van der Waals surface area contributed by atoms with E-state index in [1.54, 1.807) is 0 Å². The molecule has 1 saturated carbocycles. The minimum atomic E-state index is -0.111. The summed E-state index contributed by atoms with van der Waals surface area (Å²) in [5.41, 5.74) is 9.63. The van der Waals surface area contributed by atoms with Gasteiger partial charge in [-0.3, -0.25) is 0 Å². The summed E-state index contributed by atoms with van der Waals surface area (Å²) in [5.74, 6) is 1.64. The predicted molar refractivity (Wildman–Crippen MR) is 92.4 cm³/mol. The standard InChI is InChI=1S/C20H33N/c1-15(2)16-7-6-13-20(21,14-12-16)18-10-8-17(9-11-18)19(3,4)5/h8-11,15-16H,6-7,12-14,21H2,1-5H3. The molecule has 118 valence electrons. The van der Waals surface area contributed by atoms with Crippen molar-refractivity contribution in [2.24, 2.45) is 17.6 Å². The largest absolute Gasteiger partial charge is 0.321 e. The average Bonchev–Trinajstić information content (AvgIpc) is 2.61. The van der Waals surface area contributed by atoms with Crippen molar-refractivity contribution in [2.75, 3.05) is 0 Å². The molecule has 2 unspecified atom stereocenters. The maximum absolute atomic E-state index is 6.80. The van der Waals surface area contributed by atoms with Crippen molar-refractivity contribution in [1.82, 2.24) is 0 Å². The van der Waals surface area contributed by atoms with Gasteiger partial charge in [-0.15, -0.1) is 0 Å². The van der Waals surface area contributed by atoms with Gasteiger partial charge < -0.3 is 5.73 Å². The molecule has 1 fully saturated rings. The van der Waals surface area contributed by atoms with E-state index in [4.69, 9.17) is 5.73 Å². The van der Waals surface area contributed by atoms with Crippen LogP contribution in [0.3, 0.4) is 0 Å². The Morgan fingerprint density at radius 1 is 1.05 bits per heavy atom. The van der Waals surface area contributed by atoms with E-state index in [9.17, 15) is 0 Å². The third-order valence-electron chi connectivity index (χ3n) is 5.43. The van der Waals surface area contributed by atoms with Crippen LogP contribution in [0.15, 0.2) is 24.3 Å². The fraction of sp³-hybridized carbons (Fsp3) is 0.700. The summed E-state index contributed by atoms with van der Waals surface area (Å²) in [6.07, 6.45) is 6.14. The lowest BCUT2D eigenvalue weighted by molar-refractivity contribution is 0.325. The van der Waals surface area contributed by atoms with Gasteiger partial charge >= 0.3 is 0 Å². The zero-order valence-electron chi connectivity index (χ0n) is 14.6. The lowest BCUT2D eigenvalue weighted by Crippen LogP contribution is -2.36. The van der Waals surface area contributed by atoms with Crippen LogP contribution in [0.25, 0.3) is 0 Å². The Bertz CT molecular complexity index is 452. The number of benzene rings is 1. The third-order valence-corrected chi connectivity index (χ3v) is 5.43. The highest BCUT2D eigenvalue weighted by Crippen LogP contribution is 2.38. The van der Waals surface area contributed by atoms with Crippen molar-refractivity contribution >= 4 is 0 Å². The Hall–Kier alpha value is -0.820. The molecule has 0 radical (unpaired) electrons. The minimum Gasteiger partial charge on any atom is -0.321 e. The Labute approximate surface area is 131 Å². The van der Waals surface area contributed by atoms with Crippen molar-refractivity contribution in [1.29, 1.82) is 0 Å². The summed E-state index contributed by atoms with van der Waals surface area (Å²) in [5, 5.41) is 0. The summed E-state index contributed by atoms with van der Waals surface area (Å²) < 4.78 is 0. The summed E-state index contributed by atoms with van der Waals surface area (Å²) in [7, 11) is 0. The maximum Gasteiger partial charge on any atom is 0.0409 e. The molecular weight excluding hydrogens is 254 g/mol. The highest BCUT2D eigenvalue weighted by Gasteiger charge is 2.32. The molecule has 2 atom stereocenters. The summed E-state index contributed by atoms with van der Waals surface area (Å²) in [6, 6.07) is 9.09. The van der Waals surface area contributed by atoms with E-state index < -0.39 is 0 Å². The van der Waals surface area contributed by atoms with Crippen molar-refractivity contribution < 1.29 is 0 Å².